The van der Waals surface area contributed by atoms with Crippen molar-refractivity contribution in [2.75, 3.05) is 44.2 Å². The van der Waals surface area contributed by atoms with Crippen molar-refractivity contribution in [2.24, 2.45) is 11.8 Å². The SMILES string of the molecule is O=C(NCCCN1CCC(Cc2ccccn2)CC1)C1CCN(c2nc(-c3ccc(OC(F)F)cc3)no2)CC1. The average molecular weight is 555 g/mol. The van der Waals surface area contributed by atoms with Gasteiger partial charge in [-0.3, -0.25) is 9.78 Å². The molecule has 214 valence electrons. The minimum atomic E-state index is -2.87. The van der Waals surface area contributed by atoms with E-state index in [0.717, 1.165) is 32.5 Å². The Morgan fingerprint density at radius 3 is 2.52 bits per heavy atom. The van der Waals surface area contributed by atoms with Crippen molar-refractivity contribution in [3.63, 3.8) is 0 Å². The molecule has 1 N–H and O–H groups in total. The highest BCUT2D eigenvalue weighted by molar-refractivity contribution is 5.78. The van der Waals surface area contributed by atoms with Crippen molar-refractivity contribution in [3.8, 4) is 17.1 Å². The number of halogens is 2. The Morgan fingerprint density at radius 1 is 1.05 bits per heavy atom. The first-order valence-electron chi connectivity index (χ1n) is 14.1. The van der Waals surface area contributed by atoms with Gasteiger partial charge in [0.1, 0.15) is 5.75 Å². The first-order valence-corrected chi connectivity index (χ1v) is 14.1. The lowest BCUT2D eigenvalue weighted by Gasteiger charge is -2.32. The van der Waals surface area contributed by atoms with Crippen LogP contribution >= 0.6 is 0 Å². The number of benzene rings is 1. The fourth-order valence-corrected chi connectivity index (χ4v) is 5.47. The predicted molar refractivity (Wildman–Crippen MR) is 146 cm³/mol. The molecule has 11 heteroatoms. The van der Waals surface area contributed by atoms with Gasteiger partial charge in [-0.1, -0.05) is 11.2 Å². The lowest BCUT2D eigenvalue weighted by atomic mass is 9.92. The topological polar surface area (TPSA) is 96.6 Å². The number of anilines is 1. The lowest BCUT2D eigenvalue weighted by Crippen LogP contribution is -2.41. The number of alkyl halides is 2. The Morgan fingerprint density at radius 2 is 1.82 bits per heavy atom. The fraction of sp³-hybridized carbons (Fsp3) is 0.517. The summed E-state index contributed by atoms with van der Waals surface area (Å²) in [6.45, 7) is 2.35. The summed E-state index contributed by atoms with van der Waals surface area (Å²) >= 11 is 0. The number of nitrogens with one attached hydrogen (secondary N) is 1. The summed E-state index contributed by atoms with van der Waals surface area (Å²) in [4.78, 5) is 26.1. The number of pyridine rings is 1. The monoisotopic (exact) mass is 554 g/mol. The molecule has 5 rings (SSSR count). The number of ether oxygens (including phenoxy) is 1. The number of nitrogens with zero attached hydrogens (tertiary/aromatic N) is 5. The summed E-state index contributed by atoms with van der Waals surface area (Å²) in [6, 6.07) is 12.6. The van der Waals surface area contributed by atoms with Crippen molar-refractivity contribution < 1.29 is 22.8 Å². The number of carbonyl (C=O) groups excluding carboxylic acids is 1. The molecule has 40 heavy (non-hydrogen) atoms. The molecule has 0 spiro atoms. The summed E-state index contributed by atoms with van der Waals surface area (Å²) in [7, 11) is 0. The second kappa shape index (κ2) is 13.6. The molecule has 2 fully saturated rings. The van der Waals surface area contributed by atoms with Gasteiger partial charge < -0.3 is 24.4 Å². The van der Waals surface area contributed by atoms with Crippen LogP contribution in [0.2, 0.25) is 0 Å². The van der Waals surface area contributed by atoms with Crippen LogP contribution in [-0.4, -0.2) is 71.8 Å². The number of rotatable bonds is 11. The van der Waals surface area contributed by atoms with Gasteiger partial charge in [0.25, 0.3) is 0 Å². The van der Waals surface area contributed by atoms with E-state index in [1.165, 1.54) is 30.7 Å². The summed E-state index contributed by atoms with van der Waals surface area (Å²) < 4.78 is 34.5. The molecule has 0 radical (unpaired) electrons. The van der Waals surface area contributed by atoms with Gasteiger partial charge in [0.05, 0.1) is 0 Å². The summed E-state index contributed by atoms with van der Waals surface area (Å²) in [5.74, 6) is 1.24. The molecular formula is C29H36F2N6O3. The van der Waals surface area contributed by atoms with Crippen LogP contribution in [0, 0.1) is 11.8 Å². The molecule has 2 aliphatic heterocycles. The third kappa shape index (κ3) is 7.74. The minimum Gasteiger partial charge on any atom is -0.435 e. The van der Waals surface area contributed by atoms with Gasteiger partial charge in [-0.15, -0.1) is 0 Å². The van der Waals surface area contributed by atoms with Crippen LogP contribution in [0.4, 0.5) is 14.8 Å². The number of carbonyl (C=O) groups is 1. The molecule has 0 unspecified atom stereocenters. The van der Waals surface area contributed by atoms with Crippen LogP contribution in [0.1, 0.15) is 37.8 Å². The number of piperidine rings is 2. The Bertz CT molecular complexity index is 1190. The Balaban J connectivity index is 0.972. The van der Waals surface area contributed by atoms with Crippen molar-refractivity contribution in [1.29, 1.82) is 0 Å². The maximum Gasteiger partial charge on any atom is 0.387 e. The normalized spacial score (nSPS) is 17.3. The van der Waals surface area contributed by atoms with Gasteiger partial charge in [0, 0.05) is 43.0 Å². The average Bonchev–Trinajstić information content (AvgIpc) is 3.47. The summed E-state index contributed by atoms with van der Waals surface area (Å²) in [5.41, 5.74) is 1.82. The molecule has 2 aromatic heterocycles. The summed E-state index contributed by atoms with van der Waals surface area (Å²) in [5, 5.41) is 7.14. The predicted octanol–water partition coefficient (Wildman–Crippen LogP) is 4.41. The molecule has 0 bridgehead atoms. The van der Waals surface area contributed by atoms with Crippen LogP contribution in [0.3, 0.4) is 0 Å². The van der Waals surface area contributed by atoms with E-state index >= 15 is 0 Å². The first-order chi connectivity index (χ1) is 19.5. The smallest absolute Gasteiger partial charge is 0.387 e. The fourth-order valence-electron chi connectivity index (χ4n) is 5.47. The van der Waals surface area contributed by atoms with Crippen LogP contribution in [-0.2, 0) is 11.2 Å². The van der Waals surface area contributed by atoms with Gasteiger partial charge in [-0.2, -0.15) is 13.8 Å². The van der Waals surface area contributed by atoms with Gasteiger partial charge in [0.2, 0.25) is 11.7 Å². The maximum absolute atomic E-state index is 12.7. The van der Waals surface area contributed by atoms with Crippen LogP contribution in [0.15, 0.2) is 53.2 Å². The highest BCUT2D eigenvalue weighted by Gasteiger charge is 2.27. The maximum atomic E-state index is 12.7. The zero-order valence-electron chi connectivity index (χ0n) is 22.6. The van der Waals surface area contributed by atoms with E-state index in [2.05, 4.69) is 42.2 Å². The van der Waals surface area contributed by atoms with E-state index in [-0.39, 0.29) is 17.6 Å². The molecule has 0 saturated carbocycles. The lowest BCUT2D eigenvalue weighted by molar-refractivity contribution is -0.125. The molecule has 4 heterocycles. The van der Waals surface area contributed by atoms with Crippen molar-refractivity contribution in [1.82, 2.24) is 25.3 Å². The van der Waals surface area contributed by atoms with E-state index < -0.39 is 6.61 Å². The second-order valence-corrected chi connectivity index (χ2v) is 10.5. The Kier molecular flexibility index (Phi) is 9.54. The second-order valence-electron chi connectivity index (χ2n) is 10.5. The van der Waals surface area contributed by atoms with Gasteiger partial charge in [-0.25, -0.2) is 0 Å². The van der Waals surface area contributed by atoms with Gasteiger partial charge in [0.15, 0.2) is 0 Å². The van der Waals surface area contributed by atoms with Crippen molar-refractivity contribution >= 4 is 11.9 Å². The van der Waals surface area contributed by atoms with E-state index in [0.29, 0.717) is 55.8 Å². The molecule has 2 aliphatic rings. The molecule has 9 nitrogen and oxygen atoms in total. The third-order valence-electron chi connectivity index (χ3n) is 7.77. The minimum absolute atomic E-state index is 0.0247. The van der Waals surface area contributed by atoms with Crippen LogP contribution in [0.25, 0.3) is 11.4 Å². The van der Waals surface area contributed by atoms with Crippen molar-refractivity contribution in [2.45, 2.75) is 45.1 Å². The molecule has 0 atom stereocenters. The first kappa shape index (κ1) is 27.9. The zero-order valence-corrected chi connectivity index (χ0v) is 22.6. The van der Waals surface area contributed by atoms with E-state index in [1.807, 2.05) is 17.2 Å². The largest absolute Gasteiger partial charge is 0.435 e. The van der Waals surface area contributed by atoms with Crippen molar-refractivity contribution in [3.05, 3.63) is 54.4 Å². The molecule has 2 saturated heterocycles. The molecular weight excluding hydrogens is 518 g/mol. The summed E-state index contributed by atoms with van der Waals surface area (Å²) in [6.07, 6.45) is 7.72. The quantitative estimate of drug-likeness (QED) is 0.348. The number of likely N-dealkylation sites (tertiary alicyclic amines) is 1. The Hall–Kier alpha value is -3.60. The molecule has 3 aromatic rings. The number of hydrogen-bond acceptors (Lipinski definition) is 8. The third-order valence-corrected chi connectivity index (χ3v) is 7.77. The van der Waals surface area contributed by atoms with Gasteiger partial charge in [-0.05, 0) is 100 Å². The number of hydrogen-bond donors (Lipinski definition) is 1. The molecule has 1 amide bonds. The number of aromatic nitrogens is 3. The standard InChI is InChI=1S/C29H36F2N6O3/c30-28(31)39-25-7-5-22(6-8-25)26-34-29(40-35-26)37-18-11-23(12-19-37)27(38)33-14-3-15-36-16-9-21(10-17-36)20-24-4-1-2-13-32-24/h1-2,4-8,13,21,23,28H,3,9-12,14-20H2,(H,33,38). The molecule has 1 aromatic carbocycles. The molecule has 0 aliphatic carbocycles. The highest BCUT2D eigenvalue weighted by atomic mass is 19.3. The number of amides is 1. The van der Waals surface area contributed by atoms with Gasteiger partial charge >= 0.3 is 12.6 Å². The van der Waals surface area contributed by atoms with Crippen LogP contribution in [0.5, 0.6) is 5.75 Å². The van der Waals surface area contributed by atoms with Crippen LogP contribution < -0.4 is 15.0 Å². The Labute approximate surface area is 232 Å². The highest BCUT2D eigenvalue weighted by Crippen LogP contribution is 2.26. The van der Waals surface area contributed by atoms with E-state index in [4.69, 9.17) is 4.52 Å². The van der Waals surface area contributed by atoms with E-state index in [1.54, 1.807) is 12.1 Å². The zero-order chi connectivity index (χ0) is 27.7. The van der Waals surface area contributed by atoms with E-state index in [9.17, 15) is 13.6 Å².